The highest BCUT2D eigenvalue weighted by molar-refractivity contribution is 6.21. The summed E-state index contributed by atoms with van der Waals surface area (Å²) in [5.74, 6) is 0.793. The van der Waals surface area contributed by atoms with Crippen LogP contribution in [0.3, 0.4) is 0 Å². The maximum Gasteiger partial charge on any atom is 0.0597 e. The zero-order chi connectivity index (χ0) is 12.4. The molecule has 17 heavy (non-hydrogen) atoms. The van der Waals surface area contributed by atoms with Crippen LogP contribution in [0.4, 0.5) is 0 Å². The topological polar surface area (TPSA) is 21.1 Å². The van der Waals surface area contributed by atoms with Crippen LogP contribution in [0, 0.1) is 12.8 Å². The van der Waals surface area contributed by atoms with Crippen molar-refractivity contribution in [2.24, 2.45) is 5.92 Å². The van der Waals surface area contributed by atoms with Gasteiger partial charge >= 0.3 is 0 Å². The molecule has 0 amide bonds. The summed E-state index contributed by atoms with van der Waals surface area (Å²) < 4.78 is 2.09. The van der Waals surface area contributed by atoms with Gasteiger partial charge in [0.05, 0.1) is 11.4 Å². The highest BCUT2D eigenvalue weighted by atomic mass is 35.5. The van der Waals surface area contributed by atoms with Crippen molar-refractivity contribution in [1.29, 1.82) is 0 Å². The third-order valence-electron chi connectivity index (χ3n) is 3.46. The number of alkyl halides is 1. The normalized spacial score (nSPS) is 24.1. The predicted octanol–water partition coefficient (Wildman–Crippen LogP) is 2.66. The van der Waals surface area contributed by atoms with Crippen LogP contribution in [-0.4, -0.2) is 33.6 Å². The third kappa shape index (κ3) is 3.23. The second-order valence-corrected chi connectivity index (χ2v) is 5.84. The van der Waals surface area contributed by atoms with Gasteiger partial charge < -0.3 is 4.90 Å². The molecule has 1 heterocycles. The largest absolute Gasteiger partial charge is 0.300 e. The zero-order valence-corrected chi connectivity index (χ0v) is 11.7. The average Bonchev–Trinajstić information content (AvgIpc) is 2.56. The van der Waals surface area contributed by atoms with E-state index in [1.165, 1.54) is 18.5 Å². The lowest BCUT2D eigenvalue weighted by Crippen LogP contribution is -2.34. The Bertz CT molecular complexity index is 369. The minimum Gasteiger partial charge on any atom is -0.300 e. The van der Waals surface area contributed by atoms with Crippen molar-refractivity contribution in [1.82, 2.24) is 14.7 Å². The molecule has 3 nitrogen and oxygen atoms in total. The first kappa shape index (κ1) is 12.9. The van der Waals surface area contributed by atoms with Gasteiger partial charge in [-0.3, -0.25) is 4.68 Å². The molecule has 1 aromatic rings. The SMILES string of the molecule is CCn1nc(C)cc1CN(C)CC1CC(Cl)C1. The number of nitrogens with zero attached hydrogens (tertiary/aromatic N) is 3. The van der Waals surface area contributed by atoms with Crippen LogP contribution < -0.4 is 0 Å². The van der Waals surface area contributed by atoms with Crippen LogP contribution in [0.1, 0.15) is 31.2 Å². The molecular formula is C13H22ClN3. The van der Waals surface area contributed by atoms with Crippen molar-refractivity contribution in [3.8, 4) is 0 Å². The number of aryl methyl sites for hydroxylation is 2. The third-order valence-corrected chi connectivity index (χ3v) is 3.82. The molecule has 4 heteroatoms. The average molecular weight is 256 g/mol. The van der Waals surface area contributed by atoms with Gasteiger partial charge in [0, 0.05) is 25.0 Å². The maximum absolute atomic E-state index is 6.01. The van der Waals surface area contributed by atoms with Gasteiger partial charge in [-0.05, 0) is 45.7 Å². The van der Waals surface area contributed by atoms with Gasteiger partial charge in [0.1, 0.15) is 0 Å². The van der Waals surface area contributed by atoms with E-state index in [2.05, 4.69) is 41.6 Å². The van der Waals surface area contributed by atoms with Gasteiger partial charge in [-0.25, -0.2) is 0 Å². The number of halogens is 1. The second-order valence-electron chi connectivity index (χ2n) is 5.22. The molecule has 1 saturated carbocycles. The number of hydrogen-bond acceptors (Lipinski definition) is 2. The lowest BCUT2D eigenvalue weighted by atomic mass is 9.84. The van der Waals surface area contributed by atoms with Gasteiger partial charge in [-0.15, -0.1) is 11.6 Å². The van der Waals surface area contributed by atoms with Crippen LogP contribution in [0.5, 0.6) is 0 Å². The molecule has 0 bridgehead atoms. The summed E-state index contributed by atoms with van der Waals surface area (Å²) in [6.45, 7) is 7.28. The predicted molar refractivity (Wildman–Crippen MR) is 71.3 cm³/mol. The van der Waals surface area contributed by atoms with E-state index in [0.717, 1.165) is 31.2 Å². The maximum atomic E-state index is 6.01. The highest BCUT2D eigenvalue weighted by Gasteiger charge is 2.28. The monoisotopic (exact) mass is 255 g/mol. The van der Waals surface area contributed by atoms with Gasteiger partial charge in [-0.1, -0.05) is 0 Å². The number of aromatic nitrogens is 2. The first-order valence-electron chi connectivity index (χ1n) is 6.44. The molecule has 2 rings (SSSR count). The Labute approximate surface area is 109 Å². The van der Waals surface area contributed by atoms with E-state index >= 15 is 0 Å². The summed E-state index contributed by atoms with van der Waals surface area (Å²) in [6.07, 6.45) is 2.36. The lowest BCUT2D eigenvalue weighted by Gasteiger charge is -2.34. The van der Waals surface area contributed by atoms with E-state index in [9.17, 15) is 0 Å². The summed E-state index contributed by atoms with van der Waals surface area (Å²) in [5, 5.41) is 4.90. The Morgan fingerprint density at radius 3 is 2.82 bits per heavy atom. The Kier molecular flexibility index (Phi) is 4.10. The fourth-order valence-electron chi connectivity index (χ4n) is 2.59. The van der Waals surface area contributed by atoms with Crippen LogP contribution in [0.2, 0.25) is 0 Å². The van der Waals surface area contributed by atoms with Crippen LogP contribution in [0.15, 0.2) is 6.07 Å². The number of rotatable bonds is 5. The summed E-state index contributed by atoms with van der Waals surface area (Å²) in [6, 6.07) is 2.19. The quantitative estimate of drug-likeness (QED) is 0.755. The summed E-state index contributed by atoms with van der Waals surface area (Å²) in [7, 11) is 2.18. The second kappa shape index (κ2) is 5.40. The fraction of sp³-hybridized carbons (Fsp3) is 0.769. The first-order valence-corrected chi connectivity index (χ1v) is 6.88. The molecule has 1 aromatic heterocycles. The Morgan fingerprint density at radius 2 is 2.24 bits per heavy atom. The van der Waals surface area contributed by atoms with E-state index in [1.54, 1.807) is 0 Å². The van der Waals surface area contributed by atoms with Crippen molar-refractivity contribution >= 4 is 11.6 Å². The molecule has 0 unspecified atom stereocenters. The highest BCUT2D eigenvalue weighted by Crippen LogP contribution is 2.32. The summed E-state index contributed by atoms with van der Waals surface area (Å²) in [4.78, 5) is 2.38. The standard InChI is InChI=1S/C13H22ClN3/c1-4-17-13(5-10(2)15-17)9-16(3)8-11-6-12(14)7-11/h5,11-12H,4,6-9H2,1-3H3. The molecule has 0 atom stereocenters. The molecule has 1 fully saturated rings. The van der Waals surface area contributed by atoms with Gasteiger partial charge in [0.15, 0.2) is 0 Å². The lowest BCUT2D eigenvalue weighted by molar-refractivity contribution is 0.200. The van der Waals surface area contributed by atoms with Gasteiger partial charge in [-0.2, -0.15) is 5.10 Å². The van der Waals surface area contributed by atoms with Crippen LogP contribution in [-0.2, 0) is 13.1 Å². The molecular weight excluding hydrogens is 234 g/mol. The van der Waals surface area contributed by atoms with Gasteiger partial charge in [0.25, 0.3) is 0 Å². The molecule has 96 valence electrons. The smallest absolute Gasteiger partial charge is 0.0597 e. The minimum absolute atomic E-state index is 0.428. The molecule has 0 spiro atoms. The molecule has 0 N–H and O–H groups in total. The van der Waals surface area contributed by atoms with E-state index in [-0.39, 0.29) is 0 Å². The van der Waals surface area contributed by atoms with Crippen molar-refractivity contribution in [3.63, 3.8) is 0 Å². The first-order chi connectivity index (χ1) is 8.08. The van der Waals surface area contributed by atoms with Crippen molar-refractivity contribution < 1.29 is 0 Å². The zero-order valence-electron chi connectivity index (χ0n) is 11.0. The van der Waals surface area contributed by atoms with E-state index in [4.69, 9.17) is 11.6 Å². The summed E-state index contributed by atoms with van der Waals surface area (Å²) in [5.41, 5.74) is 2.42. The van der Waals surface area contributed by atoms with Crippen molar-refractivity contribution in [2.45, 2.75) is 45.2 Å². The molecule has 1 aliphatic carbocycles. The fourth-order valence-corrected chi connectivity index (χ4v) is 3.09. The Balaban J connectivity index is 1.86. The molecule has 0 aromatic carbocycles. The summed E-state index contributed by atoms with van der Waals surface area (Å²) >= 11 is 6.01. The number of hydrogen-bond donors (Lipinski definition) is 0. The van der Waals surface area contributed by atoms with E-state index in [1.807, 2.05) is 0 Å². The van der Waals surface area contributed by atoms with E-state index in [0.29, 0.717) is 5.38 Å². The Hall–Kier alpha value is -0.540. The Morgan fingerprint density at radius 1 is 1.53 bits per heavy atom. The van der Waals surface area contributed by atoms with Crippen LogP contribution >= 0.6 is 11.6 Å². The molecule has 0 radical (unpaired) electrons. The van der Waals surface area contributed by atoms with E-state index < -0.39 is 0 Å². The minimum atomic E-state index is 0.428. The molecule has 0 aliphatic heterocycles. The van der Waals surface area contributed by atoms with Crippen LogP contribution in [0.25, 0.3) is 0 Å². The molecule has 0 saturated heterocycles. The van der Waals surface area contributed by atoms with Crippen molar-refractivity contribution in [2.75, 3.05) is 13.6 Å². The molecule has 1 aliphatic rings. The van der Waals surface area contributed by atoms with Crippen molar-refractivity contribution in [3.05, 3.63) is 17.5 Å². The van der Waals surface area contributed by atoms with Gasteiger partial charge in [0.2, 0.25) is 0 Å².